The van der Waals surface area contributed by atoms with E-state index in [9.17, 15) is 5.11 Å². The maximum Gasteiger partial charge on any atom is 0.201 e. The molecule has 74 valence electrons. The second-order valence-electron chi connectivity index (χ2n) is 2.40. The lowest BCUT2D eigenvalue weighted by atomic mass is 10.2. The number of hydrazine groups is 1. The third-order valence-electron chi connectivity index (χ3n) is 1.44. The number of nitrogens with two attached hydrogens (primary N) is 1. The lowest BCUT2D eigenvalue weighted by molar-refractivity contribution is 0.474. The maximum absolute atomic E-state index is 9.34. The molecule has 5 N–H and O–H groups in total. The summed E-state index contributed by atoms with van der Waals surface area (Å²) in [5.74, 6) is 5.16. The lowest BCUT2D eigenvalue weighted by Crippen LogP contribution is -2.37. The molecule has 0 fully saturated rings. The van der Waals surface area contributed by atoms with Crippen LogP contribution in [0.25, 0.3) is 0 Å². The Morgan fingerprint density at radius 1 is 1.50 bits per heavy atom. The van der Waals surface area contributed by atoms with E-state index >= 15 is 0 Å². The van der Waals surface area contributed by atoms with Crippen LogP contribution in [0.3, 0.4) is 0 Å². The number of hydrogen-bond donors (Lipinski definition) is 4. The van der Waals surface area contributed by atoms with E-state index in [4.69, 9.17) is 5.84 Å². The van der Waals surface area contributed by atoms with Crippen LogP contribution in [0.4, 0.5) is 0 Å². The summed E-state index contributed by atoms with van der Waals surface area (Å²) in [6, 6.07) is 6.81. The van der Waals surface area contributed by atoms with Crippen molar-refractivity contribution in [1.82, 2.24) is 10.9 Å². The number of benzene rings is 1. The lowest BCUT2D eigenvalue weighted by Gasteiger charge is -2.00. The van der Waals surface area contributed by atoms with E-state index in [1.54, 1.807) is 24.3 Å². The van der Waals surface area contributed by atoms with Gasteiger partial charge in [0.2, 0.25) is 5.11 Å². The minimum atomic E-state index is 0.157. The molecule has 0 saturated heterocycles. The number of rotatable bonds is 2. The third kappa shape index (κ3) is 3.00. The predicted molar refractivity (Wildman–Crippen MR) is 58.8 cm³/mol. The monoisotopic (exact) mass is 210 g/mol. The van der Waals surface area contributed by atoms with Gasteiger partial charge in [0.1, 0.15) is 5.75 Å². The number of aromatic hydroxyl groups is 1. The largest absolute Gasteiger partial charge is 0.507 e. The molecule has 6 heteroatoms. The molecule has 1 rings (SSSR count). The van der Waals surface area contributed by atoms with Crippen LogP contribution in [-0.4, -0.2) is 16.4 Å². The van der Waals surface area contributed by atoms with Crippen LogP contribution >= 0.6 is 12.2 Å². The quantitative estimate of drug-likeness (QED) is 0.240. The minimum Gasteiger partial charge on any atom is -0.507 e. The van der Waals surface area contributed by atoms with Crippen LogP contribution in [0.15, 0.2) is 29.4 Å². The first-order valence-electron chi connectivity index (χ1n) is 3.81. The van der Waals surface area contributed by atoms with Gasteiger partial charge in [-0.2, -0.15) is 5.10 Å². The Morgan fingerprint density at radius 2 is 2.21 bits per heavy atom. The average molecular weight is 210 g/mol. The summed E-state index contributed by atoms with van der Waals surface area (Å²) in [4.78, 5) is 0. The molecule has 1 aromatic rings. The highest BCUT2D eigenvalue weighted by atomic mass is 32.1. The van der Waals surface area contributed by atoms with E-state index in [1.165, 1.54) is 6.21 Å². The predicted octanol–water partition coefficient (Wildman–Crippen LogP) is 0.0639. The molecule has 1 aromatic carbocycles. The molecule has 0 atom stereocenters. The molecule has 0 spiro atoms. The van der Waals surface area contributed by atoms with E-state index in [0.717, 1.165) is 0 Å². The van der Waals surface area contributed by atoms with Crippen molar-refractivity contribution >= 4 is 23.5 Å². The summed E-state index contributed by atoms with van der Waals surface area (Å²) in [7, 11) is 0. The van der Waals surface area contributed by atoms with Gasteiger partial charge in [-0.1, -0.05) is 12.1 Å². The summed E-state index contributed by atoms with van der Waals surface area (Å²) in [6.45, 7) is 0. The number of para-hydroxylation sites is 1. The zero-order valence-corrected chi connectivity index (χ0v) is 8.08. The molecule has 0 aromatic heterocycles. The minimum absolute atomic E-state index is 0.157. The van der Waals surface area contributed by atoms with Crippen LogP contribution < -0.4 is 16.7 Å². The molecule has 0 unspecified atom stereocenters. The number of thiocarbonyl (C=S) groups is 1. The van der Waals surface area contributed by atoms with Crippen molar-refractivity contribution in [3.63, 3.8) is 0 Å². The first kappa shape index (κ1) is 10.4. The van der Waals surface area contributed by atoms with Crippen molar-refractivity contribution in [1.29, 1.82) is 0 Å². The highest BCUT2D eigenvalue weighted by Gasteiger charge is 1.94. The summed E-state index contributed by atoms with van der Waals surface area (Å²) in [5.41, 5.74) is 5.27. The molecule has 14 heavy (non-hydrogen) atoms. The molecule has 0 radical (unpaired) electrons. The van der Waals surface area contributed by atoms with Crippen LogP contribution in [0.2, 0.25) is 0 Å². The molecule has 0 amide bonds. The van der Waals surface area contributed by atoms with Gasteiger partial charge in [-0.25, -0.2) is 5.84 Å². The van der Waals surface area contributed by atoms with Gasteiger partial charge in [0, 0.05) is 5.56 Å². The summed E-state index contributed by atoms with van der Waals surface area (Å²) >= 11 is 4.68. The summed E-state index contributed by atoms with van der Waals surface area (Å²) in [6.07, 6.45) is 1.44. The Balaban J connectivity index is 2.60. The van der Waals surface area contributed by atoms with Crippen molar-refractivity contribution in [2.24, 2.45) is 10.9 Å². The third-order valence-corrected chi connectivity index (χ3v) is 1.65. The van der Waals surface area contributed by atoms with Crippen molar-refractivity contribution in [2.75, 3.05) is 0 Å². The van der Waals surface area contributed by atoms with Gasteiger partial charge in [0.25, 0.3) is 0 Å². The summed E-state index contributed by atoms with van der Waals surface area (Å²) in [5, 5.41) is 13.3. The van der Waals surface area contributed by atoms with Crippen LogP contribution in [0.5, 0.6) is 5.75 Å². The molecular formula is C8H10N4OS. The molecule has 0 heterocycles. The van der Waals surface area contributed by atoms with E-state index in [1.807, 2.05) is 0 Å². The average Bonchev–Trinajstić information content (AvgIpc) is 2.20. The van der Waals surface area contributed by atoms with Gasteiger partial charge in [-0.3, -0.25) is 10.9 Å². The van der Waals surface area contributed by atoms with Gasteiger partial charge in [0.05, 0.1) is 6.21 Å². The molecule has 0 aliphatic rings. The second kappa shape index (κ2) is 5.15. The number of nitrogens with zero attached hydrogens (tertiary/aromatic N) is 1. The number of hydrogen-bond acceptors (Lipinski definition) is 4. The van der Waals surface area contributed by atoms with Gasteiger partial charge in [0.15, 0.2) is 0 Å². The zero-order valence-electron chi connectivity index (χ0n) is 7.27. The number of phenols is 1. The van der Waals surface area contributed by atoms with Crippen LogP contribution in [-0.2, 0) is 0 Å². The van der Waals surface area contributed by atoms with Gasteiger partial charge >= 0.3 is 0 Å². The zero-order chi connectivity index (χ0) is 10.4. The molecule has 5 nitrogen and oxygen atoms in total. The second-order valence-corrected chi connectivity index (χ2v) is 2.81. The van der Waals surface area contributed by atoms with Crippen molar-refractivity contribution < 1.29 is 5.11 Å². The molecule has 0 aliphatic carbocycles. The maximum atomic E-state index is 9.34. The Morgan fingerprint density at radius 3 is 2.86 bits per heavy atom. The van der Waals surface area contributed by atoms with Gasteiger partial charge in [-0.05, 0) is 24.4 Å². The van der Waals surface area contributed by atoms with Gasteiger partial charge < -0.3 is 5.11 Å². The molecule has 0 bridgehead atoms. The topological polar surface area (TPSA) is 82.7 Å². The smallest absolute Gasteiger partial charge is 0.201 e. The Labute approximate surface area is 86.6 Å². The van der Waals surface area contributed by atoms with Crippen molar-refractivity contribution in [3.8, 4) is 5.75 Å². The highest BCUT2D eigenvalue weighted by Crippen LogP contribution is 2.12. The number of nitrogens with one attached hydrogen (secondary N) is 2. The number of hydrazone groups is 1. The number of phenolic OH excluding ortho intramolecular Hbond substituents is 1. The first-order valence-corrected chi connectivity index (χ1v) is 4.22. The molecular weight excluding hydrogens is 200 g/mol. The molecule has 0 aliphatic heterocycles. The fraction of sp³-hybridized carbons (Fsp3) is 0. The fourth-order valence-electron chi connectivity index (χ4n) is 0.789. The standard InChI is InChI=1S/C8H10N4OS/c9-11-8(14)12-10-5-6-3-1-2-4-7(6)13/h1-5,13H,9H2,(H2,11,12,14). The SMILES string of the molecule is NNC(=S)NN=Cc1ccccc1O. The first-order chi connectivity index (χ1) is 6.74. The van der Waals surface area contributed by atoms with Crippen molar-refractivity contribution in [3.05, 3.63) is 29.8 Å². The normalized spacial score (nSPS) is 10.1. The van der Waals surface area contributed by atoms with Crippen LogP contribution in [0, 0.1) is 0 Å². The van der Waals surface area contributed by atoms with Crippen LogP contribution in [0.1, 0.15) is 5.56 Å². The van der Waals surface area contributed by atoms with E-state index in [2.05, 4.69) is 28.2 Å². The van der Waals surface area contributed by atoms with E-state index < -0.39 is 0 Å². The fourth-order valence-corrected chi connectivity index (χ4v) is 0.842. The summed E-state index contributed by atoms with van der Waals surface area (Å²) < 4.78 is 0. The van der Waals surface area contributed by atoms with E-state index in [0.29, 0.717) is 5.56 Å². The Hall–Kier alpha value is -1.66. The molecule has 0 saturated carbocycles. The Bertz CT molecular complexity index is 353. The Kier molecular flexibility index (Phi) is 3.84. The van der Waals surface area contributed by atoms with E-state index in [-0.39, 0.29) is 10.9 Å². The highest BCUT2D eigenvalue weighted by molar-refractivity contribution is 7.80. The van der Waals surface area contributed by atoms with Gasteiger partial charge in [-0.15, -0.1) is 0 Å². The van der Waals surface area contributed by atoms with Crippen molar-refractivity contribution in [2.45, 2.75) is 0 Å².